The van der Waals surface area contributed by atoms with Crippen molar-refractivity contribution in [3.63, 3.8) is 0 Å². The number of allylic oxidation sites excluding steroid dienone is 1. The smallest absolute Gasteiger partial charge is 0.192 e. The minimum Gasteiger partial charge on any atom is -0.383 e. The summed E-state index contributed by atoms with van der Waals surface area (Å²) in [5, 5.41) is 11.1. The van der Waals surface area contributed by atoms with Gasteiger partial charge in [0.25, 0.3) is 0 Å². The molecule has 3 N–H and O–H groups in total. The molecule has 1 unspecified atom stereocenters. The first-order valence-corrected chi connectivity index (χ1v) is 11.4. The molecule has 0 fully saturated rings. The molecule has 7 nitrogen and oxygen atoms in total. The molecule has 3 heterocycles. The molecule has 0 aromatic carbocycles. The topological polar surface area (TPSA) is 111 Å². The predicted octanol–water partition coefficient (Wildman–Crippen LogP) is 3.70. The van der Waals surface area contributed by atoms with E-state index in [4.69, 9.17) is 5.73 Å². The van der Waals surface area contributed by atoms with Gasteiger partial charge in [-0.05, 0) is 30.2 Å². The second-order valence-electron chi connectivity index (χ2n) is 7.40. The highest BCUT2D eigenvalue weighted by atomic mass is 35.5. The Morgan fingerprint density at radius 1 is 1.25 bits per heavy atom. The van der Waals surface area contributed by atoms with Crippen LogP contribution in [0.5, 0.6) is 0 Å². The van der Waals surface area contributed by atoms with E-state index in [1.165, 1.54) is 24.4 Å². The first-order valence-electron chi connectivity index (χ1n) is 9.50. The number of pyridine rings is 2. The molecule has 0 saturated carbocycles. The highest BCUT2D eigenvalue weighted by molar-refractivity contribution is 7.90. The Morgan fingerprint density at radius 3 is 2.47 bits per heavy atom. The number of sulfone groups is 1. The third kappa shape index (κ3) is 5.65. The van der Waals surface area contributed by atoms with Gasteiger partial charge in [-0.1, -0.05) is 19.9 Å². The van der Waals surface area contributed by atoms with Crippen molar-refractivity contribution in [2.24, 2.45) is 5.73 Å². The van der Waals surface area contributed by atoms with Crippen LogP contribution in [0.15, 0.2) is 53.6 Å². The van der Waals surface area contributed by atoms with Gasteiger partial charge in [0.05, 0.1) is 17.6 Å². The lowest BCUT2D eigenvalue weighted by molar-refractivity contribution is 0.219. The van der Waals surface area contributed by atoms with Gasteiger partial charge in [0.15, 0.2) is 14.9 Å². The van der Waals surface area contributed by atoms with E-state index < -0.39 is 15.9 Å². The zero-order valence-corrected chi connectivity index (χ0v) is 20.3. The van der Waals surface area contributed by atoms with Gasteiger partial charge >= 0.3 is 0 Å². The summed E-state index contributed by atoms with van der Waals surface area (Å²) < 4.78 is 39.5. The van der Waals surface area contributed by atoms with E-state index in [1.807, 2.05) is 19.9 Å². The maximum Gasteiger partial charge on any atom is 0.192 e. The van der Waals surface area contributed by atoms with Crippen LogP contribution in [-0.2, 0) is 16.4 Å². The lowest BCUT2D eigenvalue weighted by atomic mass is 9.97. The zero-order valence-electron chi connectivity index (χ0n) is 17.9. The van der Waals surface area contributed by atoms with E-state index in [2.05, 4.69) is 9.97 Å². The number of nitrogens with two attached hydrogens (primary N) is 1. The molecule has 3 rings (SSSR count). The molecule has 0 spiro atoms. The van der Waals surface area contributed by atoms with Gasteiger partial charge in [-0.3, -0.25) is 4.98 Å². The van der Waals surface area contributed by atoms with Crippen molar-refractivity contribution >= 4 is 45.7 Å². The van der Waals surface area contributed by atoms with E-state index in [0.29, 0.717) is 22.2 Å². The molecule has 3 aromatic rings. The lowest BCUT2D eigenvalue weighted by Gasteiger charge is -2.18. The Bertz CT molecular complexity index is 1200. The Balaban J connectivity index is 0.00000256. The fourth-order valence-corrected chi connectivity index (χ4v) is 4.12. The largest absolute Gasteiger partial charge is 0.383 e. The molecule has 0 aliphatic rings. The minimum absolute atomic E-state index is 0. The van der Waals surface area contributed by atoms with Crippen LogP contribution in [0.2, 0.25) is 0 Å². The van der Waals surface area contributed by atoms with Crippen LogP contribution in [0, 0.1) is 0 Å². The van der Waals surface area contributed by atoms with E-state index in [1.54, 1.807) is 16.8 Å². The Hall–Kier alpha value is -2.04. The van der Waals surface area contributed by atoms with Gasteiger partial charge in [-0.15, -0.1) is 24.8 Å². The van der Waals surface area contributed by atoms with Crippen molar-refractivity contribution in [3.05, 3.63) is 65.4 Å². The summed E-state index contributed by atoms with van der Waals surface area (Å²) in [5.41, 5.74) is 8.40. The SMILES string of the molecule is CC(C)c1c(C(O)c2ccc(S(C)(=O)=O)nc2)c2ncccc2n1C/C(F)=C/CN.Cl.Cl. The highest BCUT2D eigenvalue weighted by Crippen LogP contribution is 2.37. The van der Waals surface area contributed by atoms with Crippen molar-refractivity contribution in [1.82, 2.24) is 14.5 Å². The standard InChI is InChI=1S/C21H25FN4O3S.2ClH/c1-13(2)20-18(21(27)14-6-7-17(25-11-14)30(3,28)29)19-16(5-4-10-24-19)26(20)12-15(22)8-9-23;;/h4-8,10-11,13,21,27H,9,12,23H2,1-3H3;2*1H/b15-8-;;. The van der Waals surface area contributed by atoms with E-state index in [0.717, 1.165) is 11.9 Å². The molecule has 0 amide bonds. The van der Waals surface area contributed by atoms with Crippen LogP contribution in [0.25, 0.3) is 11.0 Å². The van der Waals surface area contributed by atoms with E-state index in [-0.39, 0.29) is 54.7 Å². The number of fused-ring (bicyclic) bond motifs is 1. The van der Waals surface area contributed by atoms with Crippen molar-refractivity contribution in [2.75, 3.05) is 12.8 Å². The first kappa shape index (κ1) is 28.0. The second-order valence-corrected chi connectivity index (χ2v) is 9.36. The van der Waals surface area contributed by atoms with Gasteiger partial charge in [0, 0.05) is 42.0 Å². The van der Waals surface area contributed by atoms with Gasteiger partial charge in [-0.25, -0.2) is 17.8 Å². The van der Waals surface area contributed by atoms with Gasteiger partial charge in [0.2, 0.25) is 0 Å². The quantitative estimate of drug-likeness (QED) is 0.507. The van der Waals surface area contributed by atoms with Gasteiger partial charge in [-0.2, -0.15) is 0 Å². The second kappa shape index (κ2) is 11.2. The number of hydrogen-bond donors (Lipinski definition) is 2. The molecule has 32 heavy (non-hydrogen) atoms. The molecule has 0 aliphatic carbocycles. The molecule has 11 heteroatoms. The summed E-state index contributed by atoms with van der Waals surface area (Å²) in [4.78, 5) is 8.41. The summed E-state index contributed by atoms with van der Waals surface area (Å²) in [7, 11) is -3.45. The number of aliphatic hydroxyl groups excluding tert-OH is 1. The lowest BCUT2D eigenvalue weighted by Crippen LogP contribution is -2.11. The van der Waals surface area contributed by atoms with Gasteiger partial charge in [0.1, 0.15) is 11.9 Å². The van der Waals surface area contributed by atoms with Crippen molar-refractivity contribution in [1.29, 1.82) is 0 Å². The van der Waals surface area contributed by atoms with E-state index >= 15 is 0 Å². The van der Waals surface area contributed by atoms with Crippen molar-refractivity contribution in [3.8, 4) is 0 Å². The van der Waals surface area contributed by atoms with Crippen molar-refractivity contribution < 1.29 is 17.9 Å². The Kier molecular flexibility index (Phi) is 9.80. The van der Waals surface area contributed by atoms with Gasteiger partial charge < -0.3 is 15.4 Å². The summed E-state index contributed by atoms with van der Waals surface area (Å²) >= 11 is 0. The summed E-state index contributed by atoms with van der Waals surface area (Å²) in [5.74, 6) is -0.418. The number of aromatic nitrogens is 3. The number of rotatable bonds is 7. The molecule has 0 bridgehead atoms. The average molecular weight is 505 g/mol. The third-order valence-corrected chi connectivity index (χ3v) is 5.82. The van der Waals surface area contributed by atoms with Crippen LogP contribution in [0.4, 0.5) is 4.39 Å². The molecule has 0 aliphatic heterocycles. The third-order valence-electron chi connectivity index (χ3n) is 4.82. The molecule has 1 atom stereocenters. The molecular formula is C21H27Cl2FN4O3S. The number of hydrogen-bond acceptors (Lipinski definition) is 6. The summed E-state index contributed by atoms with van der Waals surface area (Å²) in [6.45, 7) is 3.98. The maximum atomic E-state index is 14.4. The molecule has 0 radical (unpaired) electrons. The molecular weight excluding hydrogens is 478 g/mol. The highest BCUT2D eigenvalue weighted by Gasteiger charge is 2.27. The van der Waals surface area contributed by atoms with Crippen LogP contribution >= 0.6 is 24.8 Å². The fourth-order valence-electron chi connectivity index (χ4n) is 3.56. The first-order chi connectivity index (χ1) is 14.1. The normalized spacial score (nSPS) is 13.0. The summed E-state index contributed by atoms with van der Waals surface area (Å²) in [6, 6.07) is 6.47. The van der Waals surface area contributed by atoms with Crippen LogP contribution in [-0.4, -0.2) is 40.9 Å². The number of halogens is 3. The molecule has 3 aromatic heterocycles. The zero-order chi connectivity index (χ0) is 22.1. The predicted molar refractivity (Wildman–Crippen MR) is 128 cm³/mol. The summed E-state index contributed by atoms with van der Waals surface area (Å²) in [6.07, 6.45) is 4.24. The number of nitrogens with zero attached hydrogens (tertiary/aromatic N) is 3. The Morgan fingerprint density at radius 2 is 1.94 bits per heavy atom. The Labute approximate surface area is 199 Å². The molecule has 0 saturated heterocycles. The van der Waals surface area contributed by atoms with Crippen LogP contribution in [0.3, 0.4) is 0 Å². The van der Waals surface area contributed by atoms with Crippen molar-refractivity contribution in [2.45, 2.75) is 37.4 Å². The van der Waals surface area contributed by atoms with E-state index in [9.17, 15) is 17.9 Å². The number of aliphatic hydroxyl groups is 1. The van der Waals surface area contributed by atoms with Crippen LogP contribution in [0.1, 0.15) is 42.7 Å². The monoisotopic (exact) mass is 504 g/mol. The average Bonchev–Trinajstić information content (AvgIpc) is 3.01. The minimum atomic E-state index is -3.45. The molecule has 176 valence electrons. The van der Waals surface area contributed by atoms with Crippen LogP contribution < -0.4 is 5.73 Å². The maximum absolute atomic E-state index is 14.4. The fraction of sp³-hybridized carbons (Fsp3) is 0.333.